The number of halogens is 1. The van der Waals surface area contributed by atoms with Crippen molar-refractivity contribution in [3.63, 3.8) is 0 Å². The van der Waals surface area contributed by atoms with Gasteiger partial charge in [0.25, 0.3) is 0 Å². The predicted molar refractivity (Wildman–Crippen MR) is 89.8 cm³/mol. The third-order valence-corrected chi connectivity index (χ3v) is 5.21. The Morgan fingerprint density at radius 3 is 2.67 bits per heavy atom. The molecule has 0 bridgehead atoms. The summed E-state index contributed by atoms with van der Waals surface area (Å²) in [7, 11) is 0. The van der Waals surface area contributed by atoms with Crippen molar-refractivity contribution in [3.8, 4) is 0 Å². The molecule has 0 amide bonds. The van der Waals surface area contributed by atoms with Gasteiger partial charge in [0.15, 0.2) is 0 Å². The molecule has 1 heterocycles. The maximum Gasteiger partial charge on any atom is 0.101 e. The molecule has 0 radical (unpaired) electrons. The quantitative estimate of drug-likeness (QED) is 0.851. The van der Waals surface area contributed by atoms with Crippen LogP contribution >= 0.6 is 23.4 Å². The summed E-state index contributed by atoms with van der Waals surface area (Å²) in [6.07, 6.45) is 4.78. The third kappa shape index (κ3) is 3.60. The highest BCUT2D eigenvalue weighted by Gasteiger charge is 2.14. The summed E-state index contributed by atoms with van der Waals surface area (Å²) in [4.78, 5) is 4.87. The molecule has 0 aliphatic heterocycles. The standard InChI is InChI=1S/C17H19ClN2S/c18-15-7-5-12(6-8-15)11-21-17-14(10-19)9-13-3-1-2-4-16(13)20-17/h5-9H,1-4,10-11,19H2. The first-order valence-electron chi connectivity index (χ1n) is 7.35. The van der Waals surface area contributed by atoms with E-state index in [1.807, 2.05) is 12.1 Å². The fraction of sp³-hybridized carbons (Fsp3) is 0.353. The summed E-state index contributed by atoms with van der Waals surface area (Å²) in [5.41, 5.74) is 11.0. The third-order valence-electron chi connectivity index (χ3n) is 3.85. The molecule has 0 saturated carbocycles. The number of thioether (sulfide) groups is 1. The predicted octanol–water partition coefficient (Wildman–Crippen LogP) is 4.36. The van der Waals surface area contributed by atoms with Crippen LogP contribution < -0.4 is 5.73 Å². The van der Waals surface area contributed by atoms with Crippen LogP contribution in [0.15, 0.2) is 35.4 Å². The largest absolute Gasteiger partial charge is 0.326 e. The molecule has 0 atom stereocenters. The van der Waals surface area contributed by atoms with E-state index in [0.717, 1.165) is 28.6 Å². The van der Waals surface area contributed by atoms with Gasteiger partial charge in [-0.05, 0) is 54.5 Å². The zero-order chi connectivity index (χ0) is 14.7. The summed E-state index contributed by atoms with van der Waals surface area (Å²) in [6.45, 7) is 0.559. The van der Waals surface area contributed by atoms with Gasteiger partial charge in [-0.15, -0.1) is 11.8 Å². The Balaban J connectivity index is 1.79. The van der Waals surface area contributed by atoms with Crippen LogP contribution in [0.5, 0.6) is 0 Å². The van der Waals surface area contributed by atoms with E-state index in [0.29, 0.717) is 6.54 Å². The van der Waals surface area contributed by atoms with Crippen LogP contribution in [0.4, 0.5) is 0 Å². The number of nitrogens with two attached hydrogens (primary N) is 1. The summed E-state index contributed by atoms with van der Waals surface area (Å²) in [5.74, 6) is 0.899. The molecule has 4 heteroatoms. The van der Waals surface area contributed by atoms with E-state index in [4.69, 9.17) is 22.3 Å². The Kier molecular flexibility index (Phi) is 4.84. The summed E-state index contributed by atoms with van der Waals surface area (Å²) >= 11 is 7.69. The maximum absolute atomic E-state index is 5.92. The van der Waals surface area contributed by atoms with Gasteiger partial charge in [0, 0.05) is 23.0 Å². The Hall–Kier alpha value is -1.03. The van der Waals surface area contributed by atoms with Gasteiger partial charge in [-0.3, -0.25) is 0 Å². The van der Waals surface area contributed by atoms with Gasteiger partial charge in [0.05, 0.1) is 0 Å². The Morgan fingerprint density at radius 2 is 1.90 bits per heavy atom. The molecule has 1 aliphatic carbocycles. The molecule has 1 aliphatic rings. The first-order chi connectivity index (χ1) is 10.3. The summed E-state index contributed by atoms with van der Waals surface area (Å²) in [5, 5.41) is 1.87. The number of benzene rings is 1. The Labute approximate surface area is 135 Å². The van der Waals surface area contributed by atoms with Crippen molar-refractivity contribution in [2.24, 2.45) is 5.73 Å². The molecule has 1 aromatic heterocycles. The zero-order valence-electron chi connectivity index (χ0n) is 11.9. The average Bonchev–Trinajstić information content (AvgIpc) is 2.53. The first kappa shape index (κ1) is 14.9. The fourth-order valence-electron chi connectivity index (χ4n) is 2.67. The molecule has 0 fully saturated rings. The molecule has 0 saturated heterocycles. The minimum absolute atomic E-state index is 0.559. The Bertz CT molecular complexity index is 625. The van der Waals surface area contributed by atoms with Crippen LogP contribution in [0.25, 0.3) is 0 Å². The lowest BCUT2D eigenvalue weighted by molar-refractivity contribution is 0.656. The maximum atomic E-state index is 5.92. The van der Waals surface area contributed by atoms with Crippen molar-refractivity contribution in [3.05, 3.63) is 57.7 Å². The SMILES string of the molecule is NCc1cc2c(nc1SCc1ccc(Cl)cc1)CCCC2. The molecule has 0 spiro atoms. The van der Waals surface area contributed by atoms with Gasteiger partial charge in [-0.2, -0.15) is 0 Å². The van der Waals surface area contributed by atoms with Gasteiger partial charge >= 0.3 is 0 Å². The number of hydrogen-bond acceptors (Lipinski definition) is 3. The number of aryl methyl sites for hydroxylation is 2. The number of fused-ring (bicyclic) bond motifs is 1. The van der Waals surface area contributed by atoms with Crippen molar-refractivity contribution < 1.29 is 0 Å². The Morgan fingerprint density at radius 1 is 1.14 bits per heavy atom. The van der Waals surface area contributed by atoms with Crippen LogP contribution in [-0.4, -0.2) is 4.98 Å². The van der Waals surface area contributed by atoms with E-state index in [1.54, 1.807) is 11.8 Å². The normalized spacial score (nSPS) is 14.0. The second-order valence-electron chi connectivity index (χ2n) is 5.38. The number of hydrogen-bond donors (Lipinski definition) is 1. The van der Waals surface area contributed by atoms with Crippen molar-refractivity contribution in [1.82, 2.24) is 4.98 Å². The van der Waals surface area contributed by atoms with Gasteiger partial charge in [-0.1, -0.05) is 29.8 Å². The molecule has 3 rings (SSSR count). The smallest absolute Gasteiger partial charge is 0.101 e. The highest BCUT2D eigenvalue weighted by molar-refractivity contribution is 7.98. The fourth-order valence-corrected chi connectivity index (χ4v) is 3.79. The molecule has 2 N–H and O–H groups in total. The first-order valence-corrected chi connectivity index (χ1v) is 8.71. The van der Waals surface area contributed by atoms with E-state index >= 15 is 0 Å². The van der Waals surface area contributed by atoms with Crippen LogP contribution in [0.2, 0.25) is 5.02 Å². The highest BCUT2D eigenvalue weighted by atomic mass is 35.5. The monoisotopic (exact) mass is 318 g/mol. The van der Waals surface area contributed by atoms with E-state index in [-0.39, 0.29) is 0 Å². The van der Waals surface area contributed by atoms with Crippen molar-refractivity contribution in [1.29, 1.82) is 0 Å². The number of nitrogens with zero attached hydrogens (tertiary/aromatic N) is 1. The van der Waals surface area contributed by atoms with Crippen molar-refractivity contribution in [2.75, 3.05) is 0 Å². The molecule has 110 valence electrons. The van der Waals surface area contributed by atoms with Crippen LogP contribution in [-0.2, 0) is 25.1 Å². The lowest BCUT2D eigenvalue weighted by Crippen LogP contribution is -2.10. The lowest BCUT2D eigenvalue weighted by Gasteiger charge is -2.18. The second-order valence-corrected chi connectivity index (χ2v) is 6.79. The number of aromatic nitrogens is 1. The van der Waals surface area contributed by atoms with Crippen LogP contribution in [0.3, 0.4) is 0 Å². The van der Waals surface area contributed by atoms with E-state index < -0.39 is 0 Å². The molecular formula is C17H19ClN2S. The molecule has 0 unspecified atom stereocenters. The molecule has 2 nitrogen and oxygen atoms in total. The van der Waals surface area contributed by atoms with Crippen molar-refractivity contribution >= 4 is 23.4 Å². The summed E-state index contributed by atoms with van der Waals surface area (Å²) < 4.78 is 0. The minimum Gasteiger partial charge on any atom is -0.326 e. The van der Waals surface area contributed by atoms with E-state index in [9.17, 15) is 0 Å². The van der Waals surface area contributed by atoms with E-state index in [2.05, 4.69) is 18.2 Å². The van der Waals surface area contributed by atoms with Gasteiger partial charge < -0.3 is 5.73 Å². The number of pyridine rings is 1. The molecule has 1 aromatic carbocycles. The lowest BCUT2D eigenvalue weighted by atomic mass is 9.95. The molecular weight excluding hydrogens is 300 g/mol. The highest BCUT2D eigenvalue weighted by Crippen LogP contribution is 2.29. The van der Waals surface area contributed by atoms with Gasteiger partial charge in [0.1, 0.15) is 5.03 Å². The van der Waals surface area contributed by atoms with Crippen LogP contribution in [0, 0.1) is 0 Å². The molecule has 21 heavy (non-hydrogen) atoms. The van der Waals surface area contributed by atoms with E-state index in [1.165, 1.54) is 35.2 Å². The van der Waals surface area contributed by atoms with Crippen molar-refractivity contribution in [2.45, 2.75) is 43.0 Å². The van der Waals surface area contributed by atoms with Crippen LogP contribution in [0.1, 0.15) is 35.2 Å². The van der Waals surface area contributed by atoms with Gasteiger partial charge in [-0.25, -0.2) is 4.98 Å². The summed E-state index contributed by atoms with van der Waals surface area (Å²) in [6, 6.07) is 10.3. The number of rotatable bonds is 4. The topological polar surface area (TPSA) is 38.9 Å². The zero-order valence-corrected chi connectivity index (χ0v) is 13.5. The minimum atomic E-state index is 0.559. The molecule has 2 aromatic rings. The second kappa shape index (κ2) is 6.82. The van der Waals surface area contributed by atoms with Gasteiger partial charge in [0.2, 0.25) is 0 Å². The average molecular weight is 319 g/mol.